The van der Waals surface area contributed by atoms with Crippen LogP contribution in [0, 0.1) is 5.82 Å². The van der Waals surface area contributed by atoms with Crippen molar-refractivity contribution in [2.24, 2.45) is 0 Å². The Morgan fingerprint density at radius 3 is 2.68 bits per heavy atom. The normalized spacial score (nSPS) is 13.7. The van der Waals surface area contributed by atoms with Gasteiger partial charge in [-0.2, -0.15) is 0 Å². The first-order valence-corrected chi connectivity index (χ1v) is 7.90. The van der Waals surface area contributed by atoms with Gasteiger partial charge in [-0.05, 0) is 42.0 Å². The highest BCUT2D eigenvalue weighted by Crippen LogP contribution is 2.33. The zero-order chi connectivity index (χ0) is 17.2. The van der Waals surface area contributed by atoms with Crippen LogP contribution in [0.4, 0.5) is 20.7 Å². The van der Waals surface area contributed by atoms with Crippen LogP contribution in [0.2, 0.25) is 0 Å². The fourth-order valence-electron chi connectivity index (χ4n) is 2.94. The lowest BCUT2D eigenvalue weighted by atomic mass is 10.1. The highest BCUT2D eigenvalue weighted by Gasteiger charge is 2.32. The molecule has 3 heterocycles. The molecular formula is C19H15FN4O. The number of anilines is 2. The average Bonchev–Trinajstić information content (AvgIpc) is 2.63. The summed E-state index contributed by atoms with van der Waals surface area (Å²) in [6.07, 6.45) is 5.03. The van der Waals surface area contributed by atoms with Crippen LogP contribution in [0.15, 0.2) is 67.1 Å². The fraction of sp³-hybridized carbons (Fsp3) is 0.105. The molecule has 1 aliphatic heterocycles. The van der Waals surface area contributed by atoms with Gasteiger partial charge in [0.15, 0.2) is 0 Å². The molecular weight excluding hydrogens is 319 g/mol. The molecule has 0 saturated carbocycles. The van der Waals surface area contributed by atoms with E-state index in [0.29, 0.717) is 24.6 Å². The summed E-state index contributed by atoms with van der Waals surface area (Å²) in [7, 11) is 0. The molecule has 0 saturated heterocycles. The van der Waals surface area contributed by atoms with Gasteiger partial charge in [-0.15, -0.1) is 0 Å². The third-order valence-electron chi connectivity index (χ3n) is 4.09. The SMILES string of the molecule is O=C1N(Cc2ccncc2)Cc2cccnc2N1c1cccc(F)c1. The number of benzene rings is 1. The molecule has 0 fully saturated rings. The number of aromatic nitrogens is 2. The third kappa shape index (κ3) is 2.94. The summed E-state index contributed by atoms with van der Waals surface area (Å²) in [4.78, 5) is 24.6. The molecule has 1 aromatic carbocycles. The number of carbonyl (C=O) groups excluding carboxylic acids is 1. The lowest BCUT2D eigenvalue weighted by molar-refractivity contribution is 0.198. The van der Waals surface area contributed by atoms with Crippen LogP contribution < -0.4 is 4.90 Å². The zero-order valence-corrected chi connectivity index (χ0v) is 13.3. The van der Waals surface area contributed by atoms with Crippen LogP contribution in [0.3, 0.4) is 0 Å². The summed E-state index contributed by atoms with van der Waals surface area (Å²) in [5.41, 5.74) is 2.36. The Labute approximate surface area is 144 Å². The smallest absolute Gasteiger partial charge is 0.315 e. The van der Waals surface area contributed by atoms with E-state index in [4.69, 9.17) is 0 Å². The van der Waals surface area contributed by atoms with Crippen LogP contribution in [0.1, 0.15) is 11.1 Å². The Morgan fingerprint density at radius 1 is 1.04 bits per heavy atom. The van der Waals surface area contributed by atoms with Gasteiger partial charge in [0.05, 0.1) is 12.2 Å². The van der Waals surface area contributed by atoms with E-state index in [1.807, 2.05) is 24.3 Å². The van der Waals surface area contributed by atoms with Crippen molar-refractivity contribution in [3.05, 3.63) is 84.1 Å². The van der Waals surface area contributed by atoms with Crippen LogP contribution in [0.5, 0.6) is 0 Å². The molecule has 0 unspecified atom stereocenters. The Morgan fingerprint density at radius 2 is 1.88 bits per heavy atom. The molecule has 25 heavy (non-hydrogen) atoms. The van der Waals surface area contributed by atoms with E-state index >= 15 is 0 Å². The summed E-state index contributed by atoms with van der Waals surface area (Å²) in [6.45, 7) is 0.900. The Kier molecular flexibility index (Phi) is 3.85. The maximum absolute atomic E-state index is 13.7. The third-order valence-corrected chi connectivity index (χ3v) is 4.09. The van der Waals surface area contributed by atoms with E-state index in [0.717, 1.165) is 11.1 Å². The fourth-order valence-corrected chi connectivity index (χ4v) is 2.94. The van der Waals surface area contributed by atoms with E-state index in [9.17, 15) is 9.18 Å². The number of rotatable bonds is 3. The molecule has 6 heteroatoms. The predicted octanol–water partition coefficient (Wildman–Crippen LogP) is 3.89. The van der Waals surface area contributed by atoms with Crippen molar-refractivity contribution in [3.8, 4) is 0 Å². The molecule has 1 aliphatic rings. The van der Waals surface area contributed by atoms with Gasteiger partial charge in [0.2, 0.25) is 0 Å². The molecule has 0 atom stereocenters. The van der Waals surface area contributed by atoms with Crippen molar-refractivity contribution < 1.29 is 9.18 Å². The Bertz CT molecular complexity index is 916. The number of fused-ring (bicyclic) bond motifs is 1. The molecule has 0 spiro atoms. The molecule has 2 aromatic heterocycles. The van der Waals surface area contributed by atoms with Crippen molar-refractivity contribution in [1.82, 2.24) is 14.9 Å². The van der Waals surface area contributed by atoms with Gasteiger partial charge in [0.25, 0.3) is 0 Å². The highest BCUT2D eigenvalue weighted by atomic mass is 19.1. The van der Waals surface area contributed by atoms with Crippen molar-refractivity contribution >= 4 is 17.5 Å². The number of pyridine rings is 2. The maximum Gasteiger partial charge on any atom is 0.330 e. The summed E-state index contributed by atoms with van der Waals surface area (Å²) in [5, 5.41) is 0. The van der Waals surface area contributed by atoms with Crippen LogP contribution in [-0.4, -0.2) is 20.9 Å². The minimum atomic E-state index is -0.394. The minimum Gasteiger partial charge on any atom is -0.315 e. The number of halogens is 1. The summed E-state index contributed by atoms with van der Waals surface area (Å²) < 4.78 is 13.7. The van der Waals surface area contributed by atoms with Crippen LogP contribution in [-0.2, 0) is 13.1 Å². The standard InChI is InChI=1S/C19H15FN4O/c20-16-4-1-5-17(11-16)24-18-15(3-2-8-22-18)13-23(19(24)25)12-14-6-9-21-10-7-14/h1-11H,12-13H2. The van der Waals surface area contributed by atoms with Gasteiger partial charge >= 0.3 is 6.03 Å². The van der Waals surface area contributed by atoms with E-state index in [1.54, 1.807) is 35.6 Å². The van der Waals surface area contributed by atoms with Crippen molar-refractivity contribution in [1.29, 1.82) is 0 Å². The number of nitrogens with zero attached hydrogens (tertiary/aromatic N) is 4. The van der Waals surface area contributed by atoms with E-state index in [1.165, 1.54) is 17.0 Å². The molecule has 0 aliphatic carbocycles. The van der Waals surface area contributed by atoms with Crippen molar-refractivity contribution in [2.75, 3.05) is 4.90 Å². The van der Waals surface area contributed by atoms with Crippen LogP contribution >= 0.6 is 0 Å². The largest absolute Gasteiger partial charge is 0.330 e. The molecule has 2 amide bonds. The first kappa shape index (κ1) is 15.3. The lowest BCUT2D eigenvalue weighted by Crippen LogP contribution is -2.44. The monoisotopic (exact) mass is 334 g/mol. The quantitative estimate of drug-likeness (QED) is 0.730. The number of carbonyl (C=O) groups is 1. The molecule has 3 aromatic rings. The summed E-state index contributed by atoms with van der Waals surface area (Å²) in [6, 6.07) is 13.3. The number of hydrogen-bond acceptors (Lipinski definition) is 3. The van der Waals surface area contributed by atoms with Gasteiger partial charge in [0.1, 0.15) is 11.6 Å². The summed E-state index contributed by atoms with van der Waals surface area (Å²) in [5.74, 6) is 0.151. The summed E-state index contributed by atoms with van der Waals surface area (Å²) >= 11 is 0. The van der Waals surface area contributed by atoms with Gasteiger partial charge in [-0.3, -0.25) is 4.98 Å². The van der Waals surface area contributed by atoms with Gasteiger partial charge in [0, 0.05) is 30.7 Å². The lowest BCUT2D eigenvalue weighted by Gasteiger charge is -2.36. The first-order valence-electron chi connectivity index (χ1n) is 7.90. The zero-order valence-electron chi connectivity index (χ0n) is 13.3. The highest BCUT2D eigenvalue weighted by molar-refractivity contribution is 6.00. The Hall–Kier alpha value is -3.28. The average molecular weight is 334 g/mol. The molecule has 124 valence electrons. The molecule has 0 bridgehead atoms. The van der Waals surface area contributed by atoms with Gasteiger partial charge < -0.3 is 4.90 Å². The van der Waals surface area contributed by atoms with E-state index in [2.05, 4.69) is 9.97 Å². The minimum absolute atomic E-state index is 0.228. The van der Waals surface area contributed by atoms with Crippen molar-refractivity contribution in [3.63, 3.8) is 0 Å². The number of amides is 2. The second-order valence-electron chi connectivity index (χ2n) is 5.80. The van der Waals surface area contributed by atoms with Gasteiger partial charge in [-0.1, -0.05) is 12.1 Å². The maximum atomic E-state index is 13.7. The second kappa shape index (κ2) is 6.32. The number of hydrogen-bond donors (Lipinski definition) is 0. The topological polar surface area (TPSA) is 49.3 Å². The molecule has 0 N–H and O–H groups in total. The van der Waals surface area contributed by atoms with E-state index < -0.39 is 5.82 Å². The van der Waals surface area contributed by atoms with Gasteiger partial charge in [-0.25, -0.2) is 19.1 Å². The predicted molar refractivity (Wildman–Crippen MR) is 91.7 cm³/mol. The molecule has 4 rings (SSSR count). The van der Waals surface area contributed by atoms with Crippen LogP contribution in [0.25, 0.3) is 0 Å². The molecule has 0 radical (unpaired) electrons. The van der Waals surface area contributed by atoms with E-state index in [-0.39, 0.29) is 6.03 Å². The Balaban J connectivity index is 1.75. The second-order valence-corrected chi connectivity index (χ2v) is 5.80. The van der Waals surface area contributed by atoms with Crippen molar-refractivity contribution in [2.45, 2.75) is 13.1 Å². The first-order chi connectivity index (χ1) is 12.2. The molecule has 5 nitrogen and oxygen atoms in total. The number of urea groups is 1.